The Labute approximate surface area is 125 Å². The first-order valence-electron chi connectivity index (χ1n) is 6.22. The van der Waals surface area contributed by atoms with E-state index in [4.69, 9.17) is 5.11 Å². The number of rotatable bonds is 2. The Balaban J connectivity index is 2.20. The number of benzene rings is 1. The van der Waals surface area contributed by atoms with Crippen LogP contribution in [0.5, 0.6) is 0 Å². The van der Waals surface area contributed by atoms with Crippen molar-refractivity contribution in [3.05, 3.63) is 39.9 Å². The van der Waals surface area contributed by atoms with Crippen LogP contribution in [0.1, 0.15) is 23.7 Å². The minimum Gasteiger partial charge on any atom is -0.478 e. The summed E-state index contributed by atoms with van der Waals surface area (Å²) >= 11 is 3.27. The quantitative estimate of drug-likeness (QED) is 0.812. The number of urea groups is 1. The highest BCUT2D eigenvalue weighted by Crippen LogP contribution is 2.27. The molecule has 0 aromatic heterocycles. The number of para-hydroxylation sites is 1. The number of nitrogens with zero attached hydrogens (tertiary/aromatic N) is 1. The van der Waals surface area contributed by atoms with Crippen molar-refractivity contribution in [2.24, 2.45) is 0 Å². The molecule has 2 rings (SSSR count). The predicted octanol–water partition coefficient (Wildman–Crippen LogP) is 3.33. The summed E-state index contributed by atoms with van der Waals surface area (Å²) in [5.74, 6) is -1.07. The van der Waals surface area contributed by atoms with Crippen LogP contribution >= 0.6 is 15.9 Å². The van der Waals surface area contributed by atoms with Crippen molar-refractivity contribution >= 4 is 33.6 Å². The van der Waals surface area contributed by atoms with Crippen LogP contribution in [-0.2, 0) is 0 Å². The molecule has 1 heterocycles. The van der Waals surface area contributed by atoms with Gasteiger partial charge in [0.1, 0.15) is 0 Å². The number of anilines is 1. The van der Waals surface area contributed by atoms with Crippen molar-refractivity contribution in [1.82, 2.24) is 4.90 Å². The summed E-state index contributed by atoms with van der Waals surface area (Å²) in [6, 6.07) is 4.50. The number of carbonyl (C=O) groups is 2. The van der Waals surface area contributed by atoms with Gasteiger partial charge in [0.15, 0.2) is 0 Å². The molecule has 0 bridgehead atoms. The van der Waals surface area contributed by atoms with Gasteiger partial charge < -0.3 is 15.3 Å². The zero-order valence-corrected chi connectivity index (χ0v) is 12.6. The first-order valence-corrected chi connectivity index (χ1v) is 7.01. The van der Waals surface area contributed by atoms with Gasteiger partial charge in [-0.1, -0.05) is 17.7 Å². The second-order valence-corrected chi connectivity index (χ2v) is 5.51. The number of nitrogens with one attached hydrogen (secondary N) is 1. The highest BCUT2D eigenvalue weighted by atomic mass is 79.9. The summed E-state index contributed by atoms with van der Waals surface area (Å²) in [6.07, 6.45) is 2.92. The lowest BCUT2D eigenvalue weighted by atomic mass is 10.1. The van der Waals surface area contributed by atoms with E-state index >= 15 is 0 Å². The van der Waals surface area contributed by atoms with Crippen molar-refractivity contribution in [1.29, 1.82) is 0 Å². The fraction of sp³-hybridized carbons (Fsp3) is 0.286. The molecule has 0 atom stereocenters. The Morgan fingerprint density at radius 2 is 2.15 bits per heavy atom. The normalized spacial score (nSPS) is 14.7. The average Bonchev–Trinajstić information content (AvgIpc) is 2.40. The summed E-state index contributed by atoms with van der Waals surface area (Å²) in [7, 11) is 0. The topological polar surface area (TPSA) is 69.6 Å². The number of amides is 2. The molecular weight excluding hydrogens is 324 g/mol. The van der Waals surface area contributed by atoms with Crippen molar-refractivity contribution < 1.29 is 14.7 Å². The van der Waals surface area contributed by atoms with Crippen LogP contribution in [0.3, 0.4) is 0 Å². The maximum atomic E-state index is 12.2. The van der Waals surface area contributed by atoms with Gasteiger partial charge >= 0.3 is 12.0 Å². The molecule has 0 spiro atoms. The van der Waals surface area contributed by atoms with Crippen molar-refractivity contribution in [2.75, 3.05) is 18.4 Å². The number of halogens is 1. The van der Waals surface area contributed by atoms with E-state index < -0.39 is 5.97 Å². The lowest BCUT2D eigenvalue weighted by molar-refractivity contribution is 0.0698. The molecule has 2 amide bonds. The Kier molecular flexibility index (Phi) is 4.44. The van der Waals surface area contributed by atoms with Crippen molar-refractivity contribution in [3.63, 3.8) is 0 Å². The largest absolute Gasteiger partial charge is 0.478 e. The number of carboxylic acids is 1. The van der Waals surface area contributed by atoms with E-state index in [0.29, 0.717) is 17.6 Å². The minimum absolute atomic E-state index is 0.0667. The Morgan fingerprint density at radius 3 is 2.80 bits per heavy atom. The monoisotopic (exact) mass is 338 g/mol. The molecular formula is C14H15BrN2O3. The lowest BCUT2D eigenvalue weighted by Gasteiger charge is -2.26. The molecule has 0 aliphatic carbocycles. The molecule has 20 heavy (non-hydrogen) atoms. The third-order valence-electron chi connectivity index (χ3n) is 3.10. The maximum absolute atomic E-state index is 12.2. The maximum Gasteiger partial charge on any atom is 0.337 e. The zero-order valence-electron chi connectivity index (χ0n) is 11.0. The van der Waals surface area contributed by atoms with E-state index in [1.165, 1.54) is 6.07 Å². The number of hydrogen-bond donors (Lipinski definition) is 2. The summed E-state index contributed by atoms with van der Waals surface area (Å²) in [4.78, 5) is 25.1. The SMILES string of the molecule is CC1=CCCN(C(=O)Nc2c(Br)cccc2C(=O)O)C1. The Hall–Kier alpha value is -1.82. The fourth-order valence-electron chi connectivity index (χ4n) is 2.10. The van der Waals surface area contributed by atoms with E-state index in [9.17, 15) is 9.59 Å². The predicted molar refractivity (Wildman–Crippen MR) is 80.1 cm³/mol. The highest BCUT2D eigenvalue weighted by molar-refractivity contribution is 9.10. The van der Waals surface area contributed by atoms with Crippen LogP contribution in [0, 0.1) is 0 Å². The van der Waals surface area contributed by atoms with E-state index in [0.717, 1.165) is 12.0 Å². The van der Waals surface area contributed by atoms with Gasteiger partial charge in [-0.05, 0) is 41.4 Å². The zero-order chi connectivity index (χ0) is 14.7. The highest BCUT2D eigenvalue weighted by Gasteiger charge is 2.20. The van der Waals surface area contributed by atoms with E-state index in [1.54, 1.807) is 17.0 Å². The molecule has 0 saturated carbocycles. The first kappa shape index (κ1) is 14.6. The van der Waals surface area contributed by atoms with Gasteiger partial charge in [-0.3, -0.25) is 0 Å². The molecule has 1 aromatic carbocycles. The average molecular weight is 339 g/mol. The molecule has 0 radical (unpaired) electrons. The molecule has 106 valence electrons. The minimum atomic E-state index is -1.07. The van der Waals surface area contributed by atoms with E-state index in [2.05, 4.69) is 27.3 Å². The van der Waals surface area contributed by atoms with Gasteiger partial charge in [-0.15, -0.1) is 0 Å². The molecule has 0 fully saturated rings. The summed E-state index contributed by atoms with van der Waals surface area (Å²) < 4.78 is 0.551. The number of aromatic carboxylic acids is 1. The third kappa shape index (κ3) is 3.19. The van der Waals surface area contributed by atoms with Gasteiger partial charge in [0.2, 0.25) is 0 Å². The molecule has 0 unspecified atom stereocenters. The van der Waals surface area contributed by atoms with Crippen molar-refractivity contribution in [3.8, 4) is 0 Å². The Morgan fingerprint density at radius 1 is 1.40 bits per heavy atom. The fourth-order valence-corrected chi connectivity index (χ4v) is 2.57. The number of carbonyl (C=O) groups excluding carboxylic acids is 1. The standard InChI is InChI=1S/C14H15BrN2O3/c1-9-4-3-7-17(8-9)14(20)16-12-10(13(18)19)5-2-6-11(12)15/h2,4-6H,3,7-8H2,1H3,(H,16,20)(H,18,19). The third-order valence-corrected chi connectivity index (χ3v) is 3.76. The molecule has 1 aromatic rings. The van der Waals surface area contributed by atoms with Crippen LogP contribution in [-0.4, -0.2) is 35.1 Å². The van der Waals surface area contributed by atoms with Gasteiger partial charge in [-0.2, -0.15) is 0 Å². The van der Waals surface area contributed by atoms with Crippen molar-refractivity contribution in [2.45, 2.75) is 13.3 Å². The second-order valence-electron chi connectivity index (χ2n) is 4.66. The van der Waals surface area contributed by atoms with Crippen LogP contribution < -0.4 is 5.32 Å². The van der Waals surface area contributed by atoms with Gasteiger partial charge in [0, 0.05) is 17.6 Å². The molecule has 0 saturated heterocycles. The van der Waals surface area contributed by atoms with E-state index in [-0.39, 0.29) is 17.3 Å². The lowest BCUT2D eigenvalue weighted by Crippen LogP contribution is -2.38. The summed E-state index contributed by atoms with van der Waals surface area (Å²) in [5.41, 5.74) is 1.49. The van der Waals surface area contributed by atoms with Crippen LogP contribution in [0.15, 0.2) is 34.3 Å². The molecule has 5 nitrogen and oxygen atoms in total. The second kappa shape index (κ2) is 6.09. The molecule has 6 heteroatoms. The number of carboxylic acid groups (broad SMARTS) is 1. The molecule has 1 aliphatic heterocycles. The smallest absolute Gasteiger partial charge is 0.337 e. The van der Waals surface area contributed by atoms with Gasteiger partial charge in [-0.25, -0.2) is 9.59 Å². The molecule has 2 N–H and O–H groups in total. The summed E-state index contributed by atoms with van der Waals surface area (Å²) in [6.45, 7) is 3.18. The Bertz CT molecular complexity index is 584. The molecule has 1 aliphatic rings. The van der Waals surface area contributed by atoms with Gasteiger partial charge in [0.25, 0.3) is 0 Å². The number of hydrogen-bond acceptors (Lipinski definition) is 2. The van der Waals surface area contributed by atoms with Crippen LogP contribution in [0.2, 0.25) is 0 Å². The van der Waals surface area contributed by atoms with Crippen LogP contribution in [0.4, 0.5) is 10.5 Å². The van der Waals surface area contributed by atoms with E-state index in [1.807, 2.05) is 6.92 Å². The van der Waals surface area contributed by atoms with Crippen LogP contribution in [0.25, 0.3) is 0 Å². The van der Waals surface area contributed by atoms with Gasteiger partial charge in [0.05, 0.1) is 11.3 Å². The summed E-state index contributed by atoms with van der Waals surface area (Å²) in [5, 5.41) is 11.8. The first-order chi connectivity index (χ1) is 9.49.